The molecule has 0 bridgehead atoms. The van der Waals surface area contributed by atoms with Gasteiger partial charge >= 0.3 is 12.1 Å². The maximum Gasteiger partial charge on any atom is 0.416 e. The molecule has 0 N–H and O–H groups in total. The fraction of sp³-hybridized carbons (Fsp3) is 0.308. The van der Waals surface area contributed by atoms with Crippen LogP contribution < -0.4 is 0 Å². The minimum atomic E-state index is -4.45. The predicted molar refractivity (Wildman–Crippen MR) is 66.7 cm³/mol. The fourth-order valence-electron chi connectivity index (χ4n) is 1.38. The van der Waals surface area contributed by atoms with Crippen molar-refractivity contribution in [2.75, 3.05) is 6.61 Å². The Morgan fingerprint density at radius 3 is 2.63 bits per heavy atom. The monoisotopic (exact) mass is 292 g/mol. The van der Waals surface area contributed by atoms with Crippen LogP contribution in [-0.4, -0.2) is 12.6 Å². The van der Waals surface area contributed by atoms with Crippen LogP contribution in [0, 0.1) is 0 Å². The molecule has 0 fully saturated rings. The lowest BCUT2D eigenvalue weighted by Crippen LogP contribution is -2.05. The van der Waals surface area contributed by atoms with Crippen molar-refractivity contribution >= 4 is 23.6 Å². The van der Waals surface area contributed by atoms with E-state index in [2.05, 4.69) is 4.74 Å². The second-order valence-corrected chi connectivity index (χ2v) is 4.12. The molecular weight excluding hydrogens is 281 g/mol. The number of ether oxygens (including phenoxy) is 1. The highest BCUT2D eigenvalue weighted by atomic mass is 35.5. The molecule has 0 atom stereocenters. The average molecular weight is 293 g/mol. The number of esters is 1. The number of rotatable bonds is 4. The zero-order valence-corrected chi connectivity index (χ0v) is 10.9. The topological polar surface area (TPSA) is 26.3 Å². The van der Waals surface area contributed by atoms with Crippen molar-refractivity contribution in [2.24, 2.45) is 0 Å². The van der Waals surface area contributed by atoms with E-state index in [-0.39, 0.29) is 23.6 Å². The molecule has 104 valence electrons. The van der Waals surface area contributed by atoms with Crippen molar-refractivity contribution < 1.29 is 22.7 Å². The van der Waals surface area contributed by atoms with E-state index in [1.807, 2.05) is 0 Å². The van der Waals surface area contributed by atoms with Gasteiger partial charge in [-0.1, -0.05) is 23.8 Å². The van der Waals surface area contributed by atoms with Crippen molar-refractivity contribution in [1.82, 2.24) is 0 Å². The van der Waals surface area contributed by atoms with E-state index in [9.17, 15) is 18.0 Å². The third-order valence-corrected chi connectivity index (χ3v) is 2.37. The van der Waals surface area contributed by atoms with Gasteiger partial charge in [0.25, 0.3) is 0 Å². The summed E-state index contributed by atoms with van der Waals surface area (Å²) < 4.78 is 42.3. The van der Waals surface area contributed by atoms with Crippen molar-refractivity contribution in [3.8, 4) is 0 Å². The third kappa shape index (κ3) is 5.34. The van der Waals surface area contributed by atoms with Gasteiger partial charge in [-0.3, -0.25) is 4.79 Å². The van der Waals surface area contributed by atoms with E-state index in [0.717, 1.165) is 12.1 Å². The number of carbonyl (C=O) groups is 1. The molecule has 0 unspecified atom stereocenters. The highest BCUT2D eigenvalue weighted by molar-refractivity contribution is 6.30. The summed E-state index contributed by atoms with van der Waals surface area (Å²) in [4.78, 5) is 11.0. The molecule has 0 saturated carbocycles. The number of benzene rings is 1. The molecule has 0 spiro atoms. The summed E-state index contributed by atoms with van der Waals surface area (Å²) in [6, 6.07) is 3.20. The Morgan fingerprint density at radius 2 is 2.05 bits per heavy atom. The standard InChI is InChI=1S/C13H12ClF3O2/c1-2-19-12(18)5-3-4-9-6-10(13(15,16)17)8-11(14)7-9/h3-4,6-8H,2,5H2,1H3. The quantitative estimate of drug-likeness (QED) is 0.772. The Bertz CT molecular complexity index is 481. The first kappa shape index (κ1) is 15.6. The molecule has 0 aliphatic carbocycles. The zero-order valence-electron chi connectivity index (χ0n) is 10.1. The summed E-state index contributed by atoms with van der Waals surface area (Å²) in [5, 5.41) is -0.00869. The summed E-state index contributed by atoms with van der Waals surface area (Å²) >= 11 is 5.62. The minimum Gasteiger partial charge on any atom is -0.466 e. The molecule has 0 aromatic heterocycles. The Balaban J connectivity index is 2.82. The van der Waals surface area contributed by atoms with Gasteiger partial charge in [0, 0.05) is 5.02 Å². The van der Waals surface area contributed by atoms with E-state index in [4.69, 9.17) is 11.6 Å². The molecule has 19 heavy (non-hydrogen) atoms. The first-order valence-electron chi connectivity index (χ1n) is 5.53. The van der Waals surface area contributed by atoms with Gasteiger partial charge in [0.1, 0.15) is 0 Å². The summed E-state index contributed by atoms with van der Waals surface area (Å²) in [6.07, 6.45) is -1.61. The van der Waals surface area contributed by atoms with Gasteiger partial charge in [-0.15, -0.1) is 0 Å². The van der Waals surface area contributed by atoms with Crippen molar-refractivity contribution in [3.63, 3.8) is 0 Å². The Kier molecular flexibility index (Phi) is 5.42. The lowest BCUT2D eigenvalue weighted by atomic mass is 10.1. The summed E-state index contributed by atoms with van der Waals surface area (Å²) in [5.74, 6) is -0.433. The molecule has 6 heteroatoms. The van der Waals surface area contributed by atoms with Crippen LogP contribution in [0.1, 0.15) is 24.5 Å². The van der Waals surface area contributed by atoms with Gasteiger partial charge < -0.3 is 4.74 Å². The lowest BCUT2D eigenvalue weighted by Gasteiger charge is -2.08. The molecule has 2 nitrogen and oxygen atoms in total. The molecule has 0 aliphatic rings. The molecule has 0 amide bonds. The molecule has 0 radical (unpaired) electrons. The van der Waals surface area contributed by atoms with Crippen LogP contribution >= 0.6 is 11.6 Å². The Hall–Kier alpha value is -1.49. The number of hydrogen-bond donors (Lipinski definition) is 0. The van der Waals surface area contributed by atoms with Crippen LogP contribution in [0.2, 0.25) is 5.02 Å². The van der Waals surface area contributed by atoms with Gasteiger partial charge in [0.05, 0.1) is 18.6 Å². The molecule has 0 saturated heterocycles. The van der Waals surface area contributed by atoms with E-state index < -0.39 is 17.7 Å². The van der Waals surface area contributed by atoms with E-state index in [1.165, 1.54) is 18.2 Å². The van der Waals surface area contributed by atoms with Gasteiger partial charge in [0.15, 0.2) is 0 Å². The summed E-state index contributed by atoms with van der Waals surface area (Å²) in [5.41, 5.74) is -0.542. The number of carbonyl (C=O) groups excluding carboxylic acids is 1. The van der Waals surface area contributed by atoms with Crippen LogP contribution in [0.5, 0.6) is 0 Å². The lowest BCUT2D eigenvalue weighted by molar-refractivity contribution is -0.142. The second-order valence-electron chi connectivity index (χ2n) is 3.68. The van der Waals surface area contributed by atoms with E-state index >= 15 is 0 Å². The molecular formula is C13H12ClF3O2. The molecule has 0 heterocycles. The summed E-state index contributed by atoms with van der Waals surface area (Å²) in [7, 11) is 0. The molecule has 1 aromatic carbocycles. The van der Waals surface area contributed by atoms with E-state index in [1.54, 1.807) is 6.92 Å². The van der Waals surface area contributed by atoms with Gasteiger partial charge in [-0.25, -0.2) is 0 Å². The minimum absolute atomic E-state index is 0.00169. The van der Waals surface area contributed by atoms with Crippen LogP contribution in [0.15, 0.2) is 24.3 Å². The van der Waals surface area contributed by atoms with Crippen molar-refractivity contribution in [2.45, 2.75) is 19.5 Å². The maximum atomic E-state index is 12.5. The number of hydrogen-bond acceptors (Lipinski definition) is 2. The van der Waals surface area contributed by atoms with E-state index in [0.29, 0.717) is 0 Å². The van der Waals surface area contributed by atoms with Crippen LogP contribution in [0.4, 0.5) is 13.2 Å². The predicted octanol–water partition coefficient (Wildman–Crippen LogP) is 4.33. The first-order chi connectivity index (χ1) is 8.82. The second kappa shape index (κ2) is 6.61. The third-order valence-electron chi connectivity index (χ3n) is 2.15. The highest BCUT2D eigenvalue weighted by Gasteiger charge is 2.30. The number of halogens is 4. The largest absolute Gasteiger partial charge is 0.466 e. The van der Waals surface area contributed by atoms with Crippen molar-refractivity contribution in [1.29, 1.82) is 0 Å². The van der Waals surface area contributed by atoms with Gasteiger partial charge in [-0.05, 0) is 30.7 Å². The van der Waals surface area contributed by atoms with Gasteiger partial charge in [0.2, 0.25) is 0 Å². The summed E-state index contributed by atoms with van der Waals surface area (Å²) in [6.45, 7) is 1.94. The molecule has 1 aromatic rings. The maximum absolute atomic E-state index is 12.5. The smallest absolute Gasteiger partial charge is 0.416 e. The van der Waals surface area contributed by atoms with Gasteiger partial charge in [-0.2, -0.15) is 13.2 Å². The molecule has 0 aliphatic heterocycles. The normalized spacial score (nSPS) is 11.8. The zero-order chi connectivity index (χ0) is 14.5. The highest BCUT2D eigenvalue weighted by Crippen LogP contribution is 2.32. The Morgan fingerprint density at radius 1 is 1.37 bits per heavy atom. The number of alkyl halides is 3. The van der Waals surface area contributed by atoms with Crippen LogP contribution in [-0.2, 0) is 15.7 Å². The van der Waals surface area contributed by atoms with Crippen LogP contribution in [0.25, 0.3) is 6.08 Å². The Labute approximate surface area is 113 Å². The molecule has 1 rings (SSSR count). The first-order valence-corrected chi connectivity index (χ1v) is 5.90. The SMILES string of the molecule is CCOC(=O)CC=Cc1cc(Cl)cc(C(F)(F)F)c1. The van der Waals surface area contributed by atoms with Crippen LogP contribution in [0.3, 0.4) is 0 Å². The fourth-order valence-corrected chi connectivity index (χ4v) is 1.63. The average Bonchev–Trinajstić information content (AvgIpc) is 2.27. The van der Waals surface area contributed by atoms with Crippen molar-refractivity contribution in [3.05, 3.63) is 40.4 Å².